The van der Waals surface area contributed by atoms with Crippen molar-refractivity contribution in [1.29, 1.82) is 0 Å². The third-order valence-corrected chi connectivity index (χ3v) is 8.65. The van der Waals surface area contributed by atoms with Crippen LogP contribution in [0.5, 0.6) is 0 Å². The van der Waals surface area contributed by atoms with Crippen LogP contribution >= 0.6 is 35.3 Å². The highest BCUT2D eigenvalue weighted by Gasteiger charge is 2.37. The lowest BCUT2D eigenvalue weighted by molar-refractivity contribution is -0.143. The number of nitrogens with one attached hydrogen (secondary N) is 1. The zero-order valence-corrected chi connectivity index (χ0v) is 22.7. The van der Waals surface area contributed by atoms with Crippen molar-refractivity contribution in [3.05, 3.63) is 50.6 Å². The van der Waals surface area contributed by atoms with Gasteiger partial charge in [-0.2, -0.15) is 26.3 Å². The van der Waals surface area contributed by atoms with E-state index in [0.29, 0.717) is 36.3 Å². The molecule has 214 valence electrons. The highest BCUT2D eigenvalue weighted by Crippen LogP contribution is 2.40. The molecule has 1 aliphatic carbocycles. The fourth-order valence-corrected chi connectivity index (χ4v) is 6.60. The monoisotopic (exact) mass is 622 g/mol. The Labute approximate surface area is 237 Å². The van der Waals surface area contributed by atoms with E-state index in [1.165, 1.54) is 22.4 Å². The highest BCUT2D eigenvalue weighted by atomic mass is 32.2. The summed E-state index contributed by atoms with van der Waals surface area (Å²) in [5, 5.41) is 13.2. The molecule has 0 bridgehead atoms. The maximum atomic E-state index is 13.2. The summed E-state index contributed by atoms with van der Waals surface area (Å²) in [7, 11) is 0. The van der Waals surface area contributed by atoms with Crippen molar-refractivity contribution < 1.29 is 45.8 Å². The zero-order chi connectivity index (χ0) is 29.4. The third-order valence-electron chi connectivity index (χ3n) is 6.40. The van der Waals surface area contributed by atoms with E-state index in [4.69, 9.17) is 17.3 Å². The van der Waals surface area contributed by atoms with Gasteiger partial charge in [-0.3, -0.25) is 19.3 Å². The number of thiophene rings is 1. The minimum absolute atomic E-state index is 0.0108. The molecule has 1 saturated heterocycles. The predicted octanol–water partition coefficient (Wildman–Crippen LogP) is 6.41. The zero-order valence-electron chi connectivity index (χ0n) is 20.3. The molecule has 2 aliphatic rings. The van der Waals surface area contributed by atoms with E-state index >= 15 is 0 Å². The van der Waals surface area contributed by atoms with Gasteiger partial charge in [-0.25, -0.2) is 0 Å². The number of rotatable bonds is 7. The number of amides is 2. The van der Waals surface area contributed by atoms with E-state index in [1.807, 2.05) is 0 Å². The topological polar surface area (TPSA) is 86.7 Å². The van der Waals surface area contributed by atoms with Crippen molar-refractivity contribution in [3.8, 4) is 11.1 Å². The van der Waals surface area contributed by atoms with Crippen LogP contribution in [0.15, 0.2) is 34.6 Å². The van der Waals surface area contributed by atoms with Crippen LogP contribution in [0.4, 0.5) is 26.3 Å². The third kappa shape index (κ3) is 7.04. The molecule has 4 rings (SSSR count). The fraction of sp³-hybridized carbons (Fsp3) is 0.360. The molecule has 15 heteroatoms. The average Bonchev–Trinajstić information content (AvgIpc) is 3.57. The molecular formula is C25H20F6N2O4S3. The smallest absolute Gasteiger partial charge is 0.416 e. The summed E-state index contributed by atoms with van der Waals surface area (Å²) >= 11 is 7.24. The van der Waals surface area contributed by atoms with Gasteiger partial charge in [0.1, 0.15) is 4.32 Å². The summed E-state index contributed by atoms with van der Waals surface area (Å²) in [6.07, 6.45) is -7.21. The number of carbonyl (C=O) groups is 3. The molecule has 40 heavy (non-hydrogen) atoms. The Morgan fingerprint density at radius 3 is 2.27 bits per heavy atom. The molecule has 1 aromatic heterocycles. The first kappa shape index (κ1) is 30.1. The van der Waals surface area contributed by atoms with Crippen LogP contribution in [0.1, 0.15) is 41.7 Å². The summed E-state index contributed by atoms with van der Waals surface area (Å²) in [5.41, 5.74) is -3.00. The first-order chi connectivity index (χ1) is 18.6. The molecule has 2 amide bonds. The second-order valence-electron chi connectivity index (χ2n) is 9.23. The Balaban J connectivity index is 1.43. The molecule has 1 aromatic carbocycles. The van der Waals surface area contributed by atoms with Gasteiger partial charge in [-0.15, -0.1) is 11.3 Å². The Morgan fingerprint density at radius 2 is 1.70 bits per heavy atom. The van der Waals surface area contributed by atoms with E-state index in [0.717, 1.165) is 23.1 Å². The maximum Gasteiger partial charge on any atom is 0.416 e. The summed E-state index contributed by atoms with van der Waals surface area (Å²) < 4.78 is 79.5. The Hall–Kier alpha value is -2.91. The normalized spacial score (nSPS) is 20.9. The molecule has 2 N–H and O–H groups in total. The van der Waals surface area contributed by atoms with Crippen molar-refractivity contribution in [1.82, 2.24) is 10.2 Å². The van der Waals surface area contributed by atoms with E-state index in [9.17, 15) is 40.7 Å². The number of thiocarbonyl (C=S) groups is 1. The number of carboxylic acids is 1. The van der Waals surface area contributed by atoms with E-state index in [-0.39, 0.29) is 51.3 Å². The van der Waals surface area contributed by atoms with Gasteiger partial charge in [0, 0.05) is 23.9 Å². The van der Waals surface area contributed by atoms with Gasteiger partial charge in [0.05, 0.1) is 21.9 Å². The van der Waals surface area contributed by atoms with Crippen molar-refractivity contribution in [2.45, 2.75) is 44.1 Å². The molecule has 6 nitrogen and oxygen atoms in total. The first-order valence-corrected chi connectivity index (χ1v) is 13.9. The summed E-state index contributed by atoms with van der Waals surface area (Å²) in [6, 6.07) is 2.46. The average molecular weight is 623 g/mol. The number of carbonyl (C=O) groups excluding carboxylic acids is 2. The molecule has 0 spiro atoms. The Bertz CT molecular complexity index is 1350. The van der Waals surface area contributed by atoms with Crippen molar-refractivity contribution in [2.75, 3.05) is 6.54 Å². The number of halogens is 6. The minimum Gasteiger partial charge on any atom is -0.481 e. The van der Waals surface area contributed by atoms with E-state index in [1.54, 1.807) is 0 Å². The second-order valence-corrected chi connectivity index (χ2v) is 11.8. The van der Waals surface area contributed by atoms with Crippen LogP contribution in [0, 0.1) is 5.92 Å². The van der Waals surface area contributed by atoms with Crippen LogP contribution in [-0.4, -0.2) is 44.7 Å². The molecule has 2 heterocycles. The van der Waals surface area contributed by atoms with E-state index < -0.39 is 41.3 Å². The van der Waals surface area contributed by atoms with Gasteiger partial charge in [-0.05, 0) is 66.1 Å². The van der Waals surface area contributed by atoms with Gasteiger partial charge in [0.15, 0.2) is 0 Å². The van der Waals surface area contributed by atoms with Crippen LogP contribution in [0.2, 0.25) is 0 Å². The molecule has 1 saturated carbocycles. The number of aliphatic carboxylic acids is 1. The van der Waals surface area contributed by atoms with Crippen LogP contribution < -0.4 is 5.32 Å². The molecule has 2 aromatic rings. The van der Waals surface area contributed by atoms with E-state index in [2.05, 4.69) is 5.32 Å². The first-order valence-electron chi connectivity index (χ1n) is 11.8. The SMILES string of the molecule is O=C(CCN1C(=O)/C(=C/c2cc(-c3cc(C(F)(F)F)cc(C(F)(F)F)c3)cs2)SC1=S)N[C@@H]1CC[C@H](C(=O)O)C1. The standard InChI is InChI=1S/C25H20F6N2O4S3/c26-24(27,28)15-5-13(6-16(9-15)25(29,30)31)14-8-18(39-11-14)10-19-21(35)33(23(38)40-19)4-3-20(34)32-17-2-1-12(7-17)22(36)37/h5-6,8-12,17H,1-4,7H2,(H,32,34)(H,36,37)/b19-10-/t12-,17+/m0/s1. The Morgan fingerprint density at radius 1 is 1.05 bits per heavy atom. The minimum atomic E-state index is -4.97. The molecule has 0 unspecified atom stereocenters. The van der Waals surface area contributed by atoms with Crippen molar-refractivity contribution >= 4 is 63.5 Å². The molecule has 2 atom stereocenters. The second kappa shape index (κ2) is 11.5. The lowest BCUT2D eigenvalue weighted by Crippen LogP contribution is -2.37. The number of nitrogens with zero attached hydrogens (tertiary/aromatic N) is 1. The van der Waals surface area contributed by atoms with Gasteiger partial charge in [0.25, 0.3) is 5.91 Å². The number of carboxylic acid groups (broad SMARTS) is 1. The van der Waals surface area contributed by atoms with Gasteiger partial charge in [-0.1, -0.05) is 24.0 Å². The van der Waals surface area contributed by atoms with Crippen LogP contribution in [0.3, 0.4) is 0 Å². The number of benzene rings is 1. The molecule has 1 aliphatic heterocycles. The molecular weight excluding hydrogens is 602 g/mol. The largest absolute Gasteiger partial charge is 0.481 e. The van der Waals surface area contributed by atoms with Gasteiger partial charge >= 0.3 is 18.3 Å². The Kier molecular flexibility index (Phi) is 8.66. The number of hydrogen-bond donors (Lipinski definition) is 2. The number of hydrogen-bond acceptors (Lipinski definition) is 6. The number of alkyl halides is 6. The summed E-state index contributed by atoms with van der Waals surface area (Å²) in [5.74, 6) is -2.24. The van der Waals surface area contributed by atoms with Crippen LogP contribution in [0.25, 0.3) is 17.2 Å². The summed E-state index contributed by atoms with van der Waals surface area (Å²) in [4.78, 5) is 38.1. The summed E-state index contributed by atoms with van der Waals surface area (Å²) in [6.45, 7) is -0.0108. The maximum absolute atomic E-state index is 13.2. The van der Waals surface area contributed by atoms with Crippen molar-refractivity contribution in [3.63, 3.8) is 0 Å². The van der Waals surface area contributed by atoms with Crippen LogP contribution in [-0.2, 0) is 26.7 Å². The fourth-order valence-electron chi connectivity index (χ4n) is 4.37. The lowest BCUT2D eigenvalue weighted by Gasteiger charge is -2.16. The molecule has 2 fully saturated rings. The van der Waals surface area contributed by atoms with Gasteiger partial charge < -0.3 is 10.4 Å². The van der Waals surface area contributed by atoms with Crippen molar-refractivity contribution in [2.24, 2.45) is 5.92 Å². The number of thioether (sulfide) groups is 1. The molecule has 0 radical (unpaired) electrons. The predicted molar refractivity (Wildman–Crippen MR) is 141 cm³/mol. The van der Waals surface area contributed by atoms with Gasteiger partial charge in [0.2, 0.25) is 5.91 Å². The highest BCUT2D eigenvalue weighted by molar-refractivity contribution is 8.26. The lowest BCUT2D eigenvalue weighted by atomic mass is 10.0. The quantitative estimate of drug-likeness (QED) is 0.211.